The predicted octanol–water partition coefficient (Wildman–Crippen LogP) is 3.96. The van der Waals surface area contributed by atoms with E-state index in [1.807, 2.05) is 0 Å². The molecule has 88 valence electrons. The van der Waals surface area contributed by atoms with Crippen LogP contribution in [0.5, 0.6) is 0 Å². The first-order chi connectivity index (χ1) is 7.74. The summed E-state index contributed by atoms with van der Waals surface area (Å²) in [7, 11) is 0. The maximum Gasteiger partial charge on any atom is 0.0208 e. The topological polar surface area (TPSA) is 12.0 Å². The molecule has 0 aliphatic heterocycles. The third-order valence-electron chi connectivity index (χ3n) is 3.44. The van der Waals surface area contributed by atoms with E-state index in [1.165, 1.54) is 34.8 Å². The van der Waals surface area contributed by atoms with Crippen LogP contribution in [0.3, 0.4) is 0 Å². The van der Waals surface area contributed by atoms with Gasteiger partial charge in [-0.3, -0.25) is 0 Å². The van der Waals surface area contributed by atoms with Gasteiger partial charge in [-0.25, -0.2) is 0 Å². The Morgan fingerprint density at radius 3 is 2.69 bits per heavy atom. The third-order valence-corrected chi connectivity index (χ3v) is 4.16. The van der Waals surface area contributed by atoms with Crippen molar-refractivity contribution in [3.63, 3.8) is 0 Å². The molecule has 1 nitrogen and oxygen atoms in total. The lowest BCUT2D eigenvalue weighted by Gasteiger charge is -2.27. The van der Waals surface area contributed by atoms with Gasteiger partial charge in [0.05, 0.1) is 0 Å². The molecule has 2 rings (SSSR count). The fourth-order valence-electron chi connectivity index (χ4n) is 2.48. The zero-order valence-corrected chi connectivity index (χ0v) is 12.0. The zero-order valence-electron chi connectivity index (χ0n) is 9.88. The second-order valence-electron chi connectivity index (χ2n) is 4.98. The van der Waals surface area contributed by atoms with Crippen LogP contribution in [-0.4, -0.2) is 6.04 Å². The third kappa shape index (κ3) is 3.74. The number of halogens is 1. The Kier molecular flexibility index (Phi) is 4.65. The van der Waals surface area contributed by atoms with Gasteiger partial charge in [0.2, 0.25) is 0 Å². The van der Waals surface area contributed by atoms with Crippen molar-refractivity contribution in [3.05, 3.63) is 33.4 Å². The van der Waals surface area contributed by atoms with E-state index in [9.17, 15) is 0 Å². The van der Waals surface area contributed by atoms with Crippen molar-refractivity contribution in [1.29, 1.82) is 0 Å². The molecule has 0 saturated heterocycles. The van der Waals surface area contributed by atoms with E-state index in [-0.39, 0.29) is 0 Å². The summed E-state index contributed by atoms with van der Waals surface area (Å²) in [5.74, 6) is 0.906. The first-order valence-electron chi connectivity index (χ1n) is 6.22. The molecule has 0 radical (unpaired) electrons. The van der Waals surface area contributed by atoms with Gasteiger partial charge in [0.1, 0.15) is 0 Å². The van der Waals surface area contributed by atoms with Gasteiger partial charge in [-0.15, -0.1) is 0 Å². The number of rotatable bonds is 3. The van der Waals surface area contributed by atoms with Crippen molar-refractivity contribution < 1.29 is 0 Å². The lowest BCUT2D eigenvalue weighted by atomic mass is 9.87. The molecule has 2 atom stereocenters. The largest absolute Gasteiger partial charge is 0.310 e. The second-order valence-corrected chi connectivity index (χ2v) is 6.22. The van der Waals surface area contributed by atoms with E-state index in [0.717, 1.165) is 18.5 Å². The molecule has 1 saturated carbocycles. The van der Waals surface area contributed by atoms with Gasteiger partial charge >= 0.3 is 0 Å². The highest BCUT2D eigenvalue weighted by Gasteiger charge is 2.17. The van der Waals surface area contributed by atoms with Gasteiger partial charge in [-0.05, 0) is 59.0 Å². The van der Waals surface area contributed by atoms with Crippen molar-refractivity contribution in [3.8, 4) is 0 Å². The molecule has 0 amide bonds. The van der Waals surface area contributed by atoms with E-state index >= 15 is 0 Å². The van der Waals surface area contributed by atoms with Crippen LogP contribution in [0.15, 0.2) is 24.3 Å². The van der Waals surface area contributed by atoms with Crippen LogP contribution in [-0.2, 0) is 6.54 Å². The predicted molar refractivity (Wildman–Crippen MR) is 77.4 cm³/mol. The highest BCUT2D eigenvalue weighted by atomic mass is 127. The number of hydrogen-bond acceptors (Lipinski definition) is 1. The summed E-state index contributed by atoms with van der Waals surface area (Å²) in [6, 6.07) is 9.55. The van der Waals surface area contributed by atoms with Gasteiger partial charge < -0.3 is 5.32 Å². The SMILES string of the molecule is CC1CCCC(NCc2ccc(I)cc2)C1. The van der Waals surface area contributed by atoms with Crippen LogP contribution in [0.2, 0.25) is 0 Å². The Labute approximate surface area is 112 Å². The minimum atomic E-state index is 0.739. The van der Waals surface area contributed by atoms with E-state index in [4.69, 9.17) is 0 Å². The smallest absolute Gasteiger partial charge is 0.0208 e. The summed E-state index contributed by atoms with van der Waals surface area (Å²) >= 11 is 2.35. The molecule has 1 N–H and O–H groups in total. The quantitative estimate of drug-likeness (QED) is 0.828. The molecule has 1 aromatic rings. The number of hydrogen-bond donors (Lipinski definition) is 1. The van der Waals surface area contributed by atoms with Crippen LogP contribution in [0.25, 0.3) is 0 Å². The monoisotopic (exact) mass is 329 g/mol. The van der Waals surface area contributed by atoms with Crippen LogP contribution in [0.4, 0.5) is 0 Å². The van der Waals surface area contributed by atoms with Crippen molar-refractivity contribution in [2.24, 2.45) is 5.92 Å². The molecular formula is C14H20IN. The Bertz CT molecular complexity index is 320. The molecule has 16 heavy (non-hydrogen) atoms. The minimum Gasteiger partial charge on any atom is -0.310 e. The molecule has 0 bridgehead atoms. The van der Waals surface area contributed by atoms with E-state index in [0.29, 0.717) is 0 Å². The first kappa shape index (κ1) is 12.4. The average Bonchev–Trinajstić information content (AvgIpc) is 2.28. The summed E-state index contributed by atoms with van der Waals surface area (Å²) in [5, 5.41) is 3.69. The Morgan fingerprint density at radius 2 is 2.00 bits per heavy atom. The fourth-order valence-corrected chi connectivity index (χ4v) is 2.84. The normalized spacial score (nSPS) is 25.6. The molecule has 1 fully saturated rings. The highest BCUT2D eigenvalue weighted by Crippen LogP contribution is 2.23. The van der Waals surface area contributed by atoms with E-state index in [1.54, 1.807) is 0 Å². The van der Waals surface area contributed by atoms with Gasteiger partial charge in [-0.2, -0.15) is 0 Å². The van der Waals surface area contributed by atoms with Gasteiger partial charge in [0.25, 0.3) is 0 Å². The molecular weight excluding hydrogens is 309 g/mol. The summed E-state index contributed by atoms with van der Waals surface area (Å²) < 4.78 is 1.31. The standard InChI is InChI=1S/C14H20IN/c1-11-3-2-4-14(9-11)16-10-12-5-7-13(15)8-6-12/h5-8,11,14,16H,2-4,9-10H2,1H3. The van der Waals surface area contributed by atoms with E-state index in [2.05, 4.69) is 59.1 Å². The van der Waals surface area contributed by atoms with Crippen molar-refractivity contribution in [2.75, 3.05) is 0 Å². The summed E-state index contributed by atoms with van der Waals surface area (Å²) in [4.78, 5) is 0. The molecule has 0 spiro atoms. The van der Waals surface area contributed by atoms with Crippen LogP contribution >= 0.6 is 22.6 Å². The van der Waals surface area contributed by atoms with Crippen LogP contribution < -0.4 is 5.32 Å². The molecule has 2 heteroatoms. The van der Waals surface area contributed by atoms with Crippen molar-refractivity contribution in [2.45, 2.75) is 45.2 Å². The second kappa shape index (κ2) is 6.01. The first-order valence-corrected chi connectivity index (χ1v) is 7.30. The van der Waals surface area contributed by atoms with Crippen LogP contribution in [0, 0.1) is 9.49 Å². The van der Waals surface area contributed by atoms with E-state index < -0.39 is 0 Å². The molecule has 1 aliphatic rings. The molecule has 1 aromatic carbocycles. The van der Waals surface area contributed by atoms with Gasteiger partial charge in [0.15, 0.2) is 0 Å². The summed E-state index contributed by atoms with van der Waals surface area (Å²) in [6.07, 6.45) is 5.52. The number of nitrogens with one attached hydrogen (secondary N) is 1. The average molecular weight is 329 g/mol. The Morgan fingerprint density at radius 1 is 1.25 bits per heavy atom. The molecule has 1 aliphatic carbocycles. The summed E-state index contributed by atoms with van der Waals surface area (Å²) in [5.41, 5.74) is 1.40. The van der Waals surface area contributed by atoms with Gasteiger partial charge in [-0.1, -0.05) is 31.9 Å². The Balaban J connectivity index is 1.80. The van der Waals surface area contributed by atoms with Crippen molar-refractivity contribution >= 4 is 22.6 Å². The number of benzene rings is 1. The maximum atomic E-state index is 3.69. The van der Waals surface area contributed by atoms with Gasteiger partial charge in [0, 0.05) is 16.2 Å². The molecule has 0 heterocycles. The lowest BCUT2D eigenvalue weighted by Crippen LogP contribution is -2.33. The molecule has 2 unspecified atom stereocenters. The lowest BCUT2D eigenvalue weighted by molar-refractivity contribution is 0.300. The maximum absolute atomic E-state index is 3.69. The zero-order chi connectivity index (χ0) is 11.4. The van der Waals surface area contributed by atoms with Crippen molar-refractivity contribution in [1.82, 2.24) is 5.32 Å². The Hall–Kier alpha value is -0.0900. The molecule has 0 aromatic heterocycles. The minimum absolute atomic E-state index is 0.739. The fraction of sp³-hybridized carbons (Fsp3) is 0.571. The van der Waals surface area contributed by atoms with Crippen LogP contribution in [0.1, 0.15) is 38.2 Å². The summed E-state index contributed by atoms with van der Waals surface area (Å²) in [6.45, 7) is 3.40. The highest BCUT2D eigenvalue weighted by molar-refractivity contribution is 14.1.